The number of nitrogens with one attached hydrogen (secondary N) is 2. The Labute approximate surface area is 205 Å². The third kappa shape index (κ3) is 5.97. The van der Waals surface area contributed by atoms with Crippen LogP contribution >= 0.6 is 0 Å². The first-order chi connectivity index (χ1) is 17.1. The first-order valence-electron chi connectivity index (χ1n) is 12.0. The van der Waals surface area contributed by atoms with Crippen LogP contribution in [-0.2, 0) is 16.0 Å². The molecule has 1 fully saturated rings. The minimum atomic E-state index is -0.438. The Balaban J connectivity index is 1.44. The smallest absolute Gasteiger partial charge is 0.247 e. The Bertz CT molecular complexity index is 1290. The molecule has 1 unspecified atom stereocenters. The van der Waals surface area contributed by atoms with Crippen molar-refractivity contribution in [1.82, 2.24) is 9.88 Å². The number of likely N-dealkylation sites (tertiary alicyclic amines) is 1. The van der Waals surface area contributed by atoms with E-state index in [1.54, 1.807) is 4.90 Å². The summed E-state index contributed by atoms with van der Waals surface area (Å²) in [4.78, 5) is 31.0. The van der Waals surface area contributed by atoms with Crippen LogP contribution in [0.15, 0.2) is 73.3 Å². The van der Waals surface area contributed by atoms with Gasteiger partial charge in [0.2, 0.25) is 11.8 Å². The van der Waals surface area contributed by atoms with Crippen molar-refractivity contribution in [1.29, 1.82) is 0 Å². The molecule has 6 heteroatoms. The van der Waals surface area contributed by atoms with E-state index in [1.807, 2.05) is 66.7 Å². The molecule has 180 valence electrons. The number of hydrogen-bond acceptors (Lipinski definition) is 3. The Morgan fingerprint density at radius 3 is 2.60 bits per heavy atom. The fourth-order valence-electron chi connectivity index (χ4n) is 4.48. The van der Waals surface area contributed by atoms with Gasteiger partial charge in [0.05, 0.1) is 6.42 Å². The third-order valence-corrected chi connectivity index (χ3v) is 6.24. The number of rotatable bonds is 8. The van der Waals surface area contributed by atoms with Crippen molar-refractivity contribution in [3.8, 4) is 11.3 Å². The lowest BCUT2D eigenvalue weighted by Gasteiger charge is -2.24. The molecule has 1 saturated heterocycles. The quantitative estimate of drug-likeness (QED) is 0.444. The highest BCUT2D eigenvalue weighted by molar-refractivity contribution is 5.98. The average molecular weight is 469 g/mol. The molecular formula is C29H32N4O2. The summed E-state index contributed by atoms with van der Waals surface area (Å²) in [6, 6.07) is 19.0. The average Bonchev–Trinajstić information content (AvgIpc) is 3.52. The predicted octanol–water partition coefficient (Wildman–Crippen LogP) is 2.95. The molecule has 0 bridgehead atoms. The van der Waals surface area contributed by atoms with E-state index in [-0.39, 0.29) is 11.8 Å². The number of carbonyl (C=O) groups excluding carboxylic acids is 2. The first-order valence-corrected chi connectivity index (χ1v) is 12.0. The van der Waals surface area contributed by atoms with Crippen LogP contribution in [0, 0.1) is 0 Å². The van der Waals surface area contributed by atoms with Gasteiger partial charge in [0.1, 0.15) is 6.04 Å². The lowest BCUT2D eigenvalue weighted by atomic mass is 10.1. The van der Waals surface area contributed by atoms with Crippen molar-refractivity contribution in [3.05, 3.63) is 89.4 Å². The minimum absolute atomic E-state index is 0.00917. The van der Waals surface area contributed by atoms with Gasteiger partial charge in [-0.25, -0.2) is 0 Å². The van der Waals surface area contributed by atoms with Crippen molar-refractivity contribution in [2.45, 2.75) is 31.7 Å². The lowest BCUT2D eigenvalue weighted by molar-refractivity contribution is -0.136. The summed E-state index contributed by atoms with van der Waals surface area (Å²) in [5.74, 6) is -0.150. The van der Waals surface area contributed by atoms with Crippen molar-refractivity contribution >= 4 is 29.7 Å². The second-order valence-corrected chi connectivity index (χ2v) is 8.69. The van der Waals surface area contributed by atoms with Crippen molar-refractivity contribution < 1.29 is 9.59 Å². The van der Waals surface area contributed by atoms with Gasteiger partial charge in [-0.1, -0.05) is 54.6 Å². The van der Waals surface area contributed by atoms with Crippen LogP contribution in [0.5, 0.6) is 0 Å². The van der Waals surface area contributed by atoms with Gasteiger partial charge < -0.3 is 20.9 Å². The zero-order valence-corrected chi connectivity index (χ0v) is 19.9. The summed E-state index contributed by atoms with van der Waals surface area (Å²) in [5, 5.41) is 5.07. The summed E-state index contributed by atoms with van der Waals surface area (Å²) in [6.07, 6.45) is 8.52. The summed E-state index contributed by atoms with van der Waals surface area (Å²) in [7, 11) is 0. The molecule has 0 saturated carbocycles. The van der Waals surface area contributed by atoms with Crippen LogP contribution in [0.3, 0.4) is 0 Å². The number of aromatic amines is 1. The van der Waals surface area contributed by atoms with Crippen LogP contribution in [0.4, 0.5) is 5.69 Å². The Morgan fingerprint density at radius 2 is 1.89 bits per heavy atom. The Hall–Kier alpha value is -3.90. The maximum atomic E-state index is 13.0. The number of allylic oxidation sites excluding steroid dienone is 1. The van der Waals surface area contributed by atoms with Gasteiger partial charge in [-0.15, -0.1) is 6.58 Å². The first kappa shape index (κ1) is 24.2. The molecule has 1 aliphatic rings. The molecule has 4 rings (SSSR count). The van der Waals surface area contributed by atoms with E-state index in [1.165, 1.54) is 0 Å². The monoisotopic (exact) mass is 468 g/mol. The van der Waals surface area contributed by atoms with Crippen molar-refractivity contribution in [2.75, 3.05) is 18.4 Å². The van der Waals surface area contributed by atoms with E-state index in [0.717, 1.165) is 40.2 Å². The molecule has 2 amide bonds. The molecule has 0 spiro atoms. The van der Waals surface area contributed by atoms with Crippen LogP contribution in [0.1, 0.15) is 24.8 Å². The summed E-state index contributed by atoms with van der Waals surface area (Å²) in [5.41, 5.74) is 9.37. The van der Waals surface area contributed by atoms with E-state index in [4.69, 9.17) is 5.73 Å². The molecule has 4 N–H and O–H groups in total. The fraction of sp³-hybridized carbons (Fsp3) is 0.241. The number of carbonyl (C=O) groups is 2. The van der Waals surface area contributed by atoms with Crippen LogP contribution in [-0.4, -0.2) is 40.8 Å². The van der Waals surface area contributed by atoms with Gasteiger partial charge in [0, 0.05) is 29.8 Å². The van der Waals surface area contributed by atoms with Crippen molar-refractivity contribution in [3.63, 3.8) is 0 Å². The summed E-state index contributed by atoms with van der Waals surface area (Å²) in [6.45, 7) is 4.84. The maximum Gasteiger partial charge on any atom is 0.247 e. The van der Waals surface area contributed by atoms with Gasteiger partial charge in [0.25, 0.3) is 0 Å². The second kappa shape index (κ2) is 11.5. The zero-order chi connectivity index (χ0) is 24.6. The predicted molar refractivity (Wildman–Crippen MR) is 142 cm³/mol. The maximum absolute atomic E-state index is 13.0. The molecule has 2 heterocycles. The molecule has 1 aromatic heterocycles. The molecule has 6 nitrogen and oxygen atoms in total. The van der Waals surface area contributed by atoms with Gasteiger partial charge in [-0.05, 0) is 59.9 Å². The van der Waals surface area contributed by atoms with Crippen LogP contribution in [0.25, 0.3) is 23.4 Å². The number of nitrogens with zero attached hydrogens (tertiary/aromatic N) is 1. The molecule has 1 atom stereocenters. The standard InChI is InChI=1S/C29H32N4O2/c1-2-3-10-23-20-26(32-25(23)16-17-30)22-12-14-24(15-13-22)31-29(35)27-11-7-18-33(27)28(34)19-21-8-5-4-6-9-21/h2,4-6,8-10,12-16,20,27,32H,1,3,7,11,17-19,30H2,(H,31,35). The van der Waals surface area contributed by atoms with Crippen LogP contribution in [0.2, 0.25) is 0 Å². The Morgan fingerprint density at radius 1 is 1.11 bits per heavy atom. The highest BCUT2D eigenvalue weighted by atomic mass is 16.2. The SMILES string of the molecule is C=CCC=c1cc(-c2ccc(NC(=O)C3CCCN3C(=O)Cc3ccccc3)cc2)[nH]c1=CCN. The van der Waals surface area contributed by atoms with E-state index in [0.29, 0.717) is 31.6 Å². The topological polar surface area (TPSA) is 91.2 Å². The Kier molecular flexibility index (Phi) is 7.95. The van der Waals surface area contributed by atoms with E-state index >= 15 is 0 Å². The third-order valence-electron chi connectivity index (χ3n) is 6.24. The van der Waals surface area contributed by atoms with E-state index in [9.17, 15) is 9.59 Å². The van der Waals surface area contributed by atoms with Gasteiger partial charge in [-0.2, -0.15) is 0 Å². The summed E-state index contributed by atoms with van der Waals surface area (Å²) < 4.78 is 0. The van der Waals surface area contributed by atoms with Gasteiger partial charge >= 0.3 is 0 Å². The highest BCUT2D eigenvalue weighted by Crippen LogP contribution is 2.22. The minimum Gasteiger partial charge on any atom is -0.355 e. The zero-order valence-electron chi connectivity index (χ0n) is 19.9. The normalized spacial score (nSPS) is 16.5. The van der Waals surface area contributed by atoms with Gasteiger partial charge in [-0.3, -0.25) is 9.59 Å². The highest BCUT2D eigenvalue weighted by Gasteiger charge is 2.33. The largest absolute Gasteiger partial charge is 0.355 e. The number of benzene rings is 2. The number of H-pyrrole nitrogens is 1. The molecule has 35 heavy (non-hydrogen) atoms. The number of nitrogens with two attached hydrogens (primary N) is 1. The molecular weight excluding hydrogens is 436 g/mol. The lowest BCUT2D eigenvalue weighted by Crippen LogP contribution is -2.43. The van der Waals surface area contributed by atoms with Crippen LogP contribution < -0.4 is 21.6 Å². The van der Waals surface area contributed by atoms with E-state index < -0.39 is 6.04 Å². The van der Waals surface area contributed by atoms with Gasteiger partial charge in [0.15, 0.2) is 0 Å². The van der Waals surface area contributed by atoms with Crippen molar-refractivity contribution in [2.24, 2.45) is 5.73 Å². The molecule has 3 aromatic rings. The molecule has 0 aliphatic carbocycles. The van der Waals surface area contributed by atoms with E-state index in [2.05, 4.69) is 29.0 Å². The molecule has 1 aliphatic heterocycles. The number of anilines is 1. The summed E-state index contributed by atoms with van der Waals surface area (Å²) >= 11 is 0. The number of hydrogen-bond donors (Lipinski definition) is 3. The molecule has 0 radical (unpaired) electrons. The second-order valence-electron chi connectivity index (χ2n) is 8.69. The fourth-order valence-corrected chi connectivity index (χ4v) is 4.48. The molecule has 2 aromatic carbocycles. The number of amides is 2. The number of aromatic nitrogens is 1.